The number of ether oxygens (including phenoxy) is 6. The van der Waals surface area contributed by atoms with Crippen molar-refractivity contribution in [3.05, 3.63) is 70.8 Å². The molecule has 4 atom stereocenters. The number of hydrogen-bond acceptors (Lipinski definition) is 11. The molecule has 3 aromatic rings. The number of methoxy groups -OCH3 is 4. The minimum Gasteiger partial charge on any atom is -0.493 e. The number of ketones is 1. The molecule has 1 aliphatic heterocycles. The summed E-state index contributed by atoms with van der Waals surface area (Å²) in [6.45, 7) is 5.05. The van der Waals surface area contributed by atoms with E-state index in [2.05, 4.69) is 24.0 Å². The van der Waals surface area contributed by atoms with Gasteiger partial charge in [0, 0.05) is 38.0 Å². The second-order valence-corrected chi connectivity index (χ2v) is 15.7. The lowest BCUT2D eigenvalue weighted by Crippen LogP contribution is -2.50. The van der Waals surface area contributed by atoms with Crippen LogP contribution in [0.15, 0.2) is 48.5 Å². The maximum Gasteiger partial charge on any atom is 0.325 e. The van der Waals surface area contributed by atoms with E-state index in [0.717, 1.165) is 49.7 Å². The van der Waals surface area contributed by atoms with E-state index in [1.54, 1.807) is 28.4 Å². The van der Waals surface area contributed by atoms with Crippen LogP contribution in [0.4, 0.5) is 0 Å². The van der Waals surface area contributed by atoms with Gasteiger partial charge in [0.25, 0.3) is 0 Å². The summed E-state index contributed by atoms with van der Waals surface area (Å²) in [5.41, 5.74) is 4.53. The van der Waals surface area contributed by atoms with E-state index in [1.807, 2.05) is 41.3 Å². The van der Waals surface area contributed by atoms with Gasteiger partial charge in [0.1, 0.15) is 11.5 Å². The van der Waals surface area contributed by atoms with Crippen LogP contribution in [0.3, 0.4) is 0 Å². The fraction of sp³-hybridized carbons (Fsp3) is 0.523. The van der Waals surface area contributed by atoms with E-state index in [-0.39, 0.29) is 30.4 Å². The van der Waals surface area contributed by atoms with Gasteiger partial charge in [0.05, 0.1) is 41.5 Å². The molecule has 0 unspecified atom stereocenters. The van der Waals surface area contributed by atoms with Crippen LogP contribution < -0.4 is 28.4 Å². The molecule has 3 aliphatic carbocycles. The number of carbonyl (C=O) groups excluding carboxylic acids is 3. The Bertz CT molecular complexity index is 1880. The Kier molecular flexibility index (Phi) is 11.7. The van der Waals surface area contributed by atoms with Gasteiger partial charge in [-0.25, -0.2) is 0 Å². The van der Waals surface area contributed by atoms with E-state index >= 15 is 0 Å². The van der Waals surface area contributed by atoms with Crippen LogP contribution in [0.1, 0.15) is 67.2 Å². The third kappa shape index (κ3) is 8.19. The van der Waals surface area contributed by atoms with Crippen molar-refractivity contribution in [3.63, 3.8) is 0 Å². The molecular weight excluding hydrogens is 700 g/mol. The molecule has 11 nitrogen and oxygen atoms in total. The van der Waals surface area contributed by atoms with Crippen LogP contribution in [0, 0.1) is 17.3 Å². The van der Waals surface area contributed by atoms with E-state index in [9.17, 15) is 14.4 Å². The first-order chi connectivity index (χ1) is 26.6. The third-order valence-corrected chi connectivity index (χ3v) is 12.7. The topological polar surface area (TPSA) is 113 Å². The molecule has 0 spiro atoms. The summed E-state index contributed by atoms with van der Waals surface area (Å²) in [7, 11) is 6.32. The van der Waals surface area contributed by atoms with Gasteiger partial charge in [-0.15, -0.1) is 0 Å². The zero-order valence-corrected chi connectivity index (χ0v) is 32.8. The van der Waals surface area contributed by atoms with Gasteiger partial charge in [-0.2, -0.15) is 0 Å². The Balaban J connectivity index is 0.870. The standard InChI is InChI=1S/C44H54N2O9/c1-44-17-16-33-32-12-10-31(25-30(32)9-11-34(33)35(44)13-15-40(44)47)54-41(48)26-45-18-20-46(21-19-45)27-42(49)55-37-22-28(8-14-36(37)50-2)6-7-29-23-38(51-3)43(53-5)39(24-29)52-4/h8,10,12,14,22-25,33-35H,6-7,9,11,13,15-21,26-27H2,1-5H3/t33-,34-,35+,44+/m1/s1. The minimum atomic E-state index is -0.370. The van der Waals surface area contributed by atoms with Gasteiger partial charge >= 0.3 is 11.9 Å². The minimum absolute atomic E-state index is 0.129. The number of fused-ring (bicyclic) bond motifs is 5. The molecular formula is C44H54N2O9. The molecule has 0 N–H and O–H groups in total. The van der Waals surface area contributed by atoms with Crippen molar-refractivity contribution in [2.24, 2.45) is 17.3 Å². The lowest BCUT2D eigenvalue weighted by Gasteiger charge is -2.48. The normalized spacial score (nSPS) is 23.6. The van der Waals surface area contributed by atoms with Crippen molar-refractivity contribution in [3.8, 4) is 34.5 Å². The van der Waals surface area contributed by atoms with E-state index in [4.69, 9.17) is 28.4 Å². The number of nitrogens with zero attached hydrogens (tertiary/aromatic N) is 2. The highest BCUT2D eigenvalue weighted by atomic mass is 16.6. The van der Waals surface area contributed by atoms with E-state index < -0.39 is 0 Å². The molecule has 7 rings (SSSR count). The van der Waals surface area contributed by atoms with Crippen LogP contribution in [0.2, 0.25) is 0 Å². The van der Waals surface area contributed by atoms with Crippen LogP contribution in [0.25, 0.3) is 0 Å². The largest absolute Gasteiger partial charge is 0.493 e. The monoisotopic (exact) mass is 754 g/mol. The van der Waals surface area contributed by atoms with E-state index in [0.29, 0.717) is 97.1 Å². The van der Waals surface area contributed by atoms with Crippen LogP contribution in [-0.2, 0) is 33.6 Å². The molecule has 55 heavy (non-hydrogen) atoms. The molecule has 1 saturated heterocycles. The maximum absolute atomic E-state index is 13.1. The number of aryl methyl sites for hydroxylation is 3. The van der Waals surface area contributed by atoms with E-state index in [1.165, 1.54) is 11.1 Å². The predicted molar refractivity (Wildman–Crippen MR) is 207 cm³/mol. The van der Waals surface area contributed by atoms with Gasteiger partial charge in [-0.05, 0) is 121 Å². The van der Waals surface area contributed by atoms with Crippen molar-refractivity contribution in [2.75, 3.05) is 67.7 Å². The predicted octanol–water partition coefficient (Wildman–Crippen LogP) is 6.06. The number of rotatable bonds is 13. The summed E-state index contributed by atoms with van der Waals surface area (Å²) in [4.78, 5) is 42.9. The van der Waals surface area contributed by atoms with Gasteiger partial charge in [-0.3, -0.25) is 24.2 Å². The van der Waals surface area contributed by atoms with Gasteiger partial charge in [0.2, 0.25) is 5.75 Å². The summed E-state index contributed by atoms with van der Waals surface area (Å²) in [6.07, 6.45) is 7.25. The highest BCUT2D eigenvalue weighted by molar-refractivity contribution is 5.87. The third-order valence-electron chi connectivity index (χ3n) is 12.7. The van der Waals surface area contributed by atoms with Gasteiger partial charge in [0.15, 0.2) is 23.0 Å². The molecule has 294 valence electrons. The van der Waals surface area contributed by atoms with Crippen molar-refractivity contribution in [1.29, 1.82) is 0 Å². The summed E-state index contributed by atoms with van der Waals surface area (Å²) in [6, 6.07) is 15.7. The Morgan fingerprint density at radius 1 is 0.691 bits per heavy atom. The molecule has 0 aromatic heterocycles. The molecule has 3 fully saturated rings. The Labute approximate surface area is 324 Å². The quantitative estimate of drug-likeness (QED) is 0.150. The zero-order valence-electron chi connectivity index (χ0n) is 32.8. The first kappa shape index (κ1) is 38.7. The smallest absolute Gasteiger partial charge is 0.325 e. The number of Topliss-reactive ketones (excluding diaryl/α,β-unsaturated/α-hetero) is 1. The van der Waals surface area contributed by atoms with Gasteiger partial charge < -0.3 is 28.4 Å². The lowest BCUT2D eigenvalue weighted by atomic mass is 9.55. The van der Waals surface area contributed by atoms with Crippen LogP contribution in [-0.4, -0.2) is 95.2 Å². The molecule has 11 heteroatoms. The zero-order chi connectivity index (χ0) is 38.7. The van der Waals surface area contributed by atoms with Crippen molar-refractivity contribution < 1.29 is 42.8 Å². The second-order valence-electron chi connectivity index (χ2n) is 15.7. The summed E-state index contributed by atoms with van der Waals surface area (Å²) in [5.74, 6) is 4.58. The fourth-order valence-corrected chi connectivity index (χ4v) is 9.71. The first-order valence-electron chi connectivity index (χ1n) is 19.6. The summed E-state index contributed by atoms with van der Waals surface area (Å²) < 4.78 is 33.6. The summed E-state index contributed by atoms with van der Waals surface area (Å²) >= 11 is 0. The molecule has 0 radical (unpaired) electrons. The van der Waals surface area contributed by atoms with Crippen molar-refractivity contribution in [1.82, 2.24) is 9.80 Å². The highest BCUT2D eigenvalue weighted by Gasteiger charge is 2.54. The molecule has 0 bridgehead atoms. The Morgan fingerprint density at radius 2 is 1.33 bits per heavy atom. The maximum atomic E-state index is 13.1. The molecule has 3 aromatic carbocycles. The van der Waals surface area contributed by atoms with Crippen LogP contribution >= 0.6 is 0 Å². The lowest BCUT2D eigenvalue weighted by molar-refractivity contribution is -0.138. The molecule has 1 heterocycles. The first-order valence-corrected chi connectivity index (χ1v) is 19.6. The number of carbonyl (C=O) groups is 3. The van der Waals surface area contributed by atoms with Crippen LogP contribution in [0.5, 0.6) is 34.5 Å². The molecule has 0 amide bonds. The van der Waals surface area contributed by atoms with Crippen molar-refractivity contribution >= 4 is 17.7 Å². The SMILES string of the molecule is COc1ccc(CCc2cc(OC)c(OC)c(OC)c2)cc1OC(=O)CN1CCN(CC(=O)Oc2ccc3c(c2)CC[C@@H]2[C@@H]3CC[C@]3(C)C(=O)CC[C@@H]23)CC1. The fourth-order valence-electron chi connectivity index (χ4n) is 9.71. The number of hydrogen-bond donors (Lipinski definition) is 0. The van der Waals surface area contributed by atoms with Crippen molar-refractivity contribution in [2.45, 2.75) is 64.2 Å². The second kappa shape index (κ2) is 16.6. The number of esters is 2. The molecule has 4 aliphatic rings. The Hall–Kier alpha value is -4.61. The average Bonchev–Trinajstić information content (AvgIpc) is 3.50. The Morgan fingerprint density at radius 3 is 1.98 bits per heavy atom. The molecule has 2 saturated carbocycles. The number of piperazine rings is 1. The summed E-state index contributed by atoms with van der Waals surface area (Å²) in [5, 5.41) is 0. The number of benzene rings is 3. The highest BCUT2D eigenvalue weighted by Crippen LogP contribution is 2.59. The average molecular weight is 755 g/mol. The van der Waals surface area contributed by atoms with Gasteiger partial charge in [-0.1, -0.05) is 19.1 Å².